The zero-order valence-electron chi connectivity index (χ0n) is 15.0. The second-order valence-corrected chi connectivity index (χ2v) is 16.9. The maximum atomic E-state index is 11.3. The van der Waals surface area contributed by atoms with Gasteiger partial charge in [0.25, 0.3) is 0 Å². The molecule has 22 heavy (non-hydrogen) atoms. The van der Waals surface area contributed by atoms with Crippen molar-refractivity contribution in [1.29, 1.82) is 0 Å². The Morgan fingerprint density at radius 3 is 1.77 bits per heavy atom. The molecule has 5 nitrogen and oxygen atoms in total. The van der Waals surface area contributed by atoms with Gasteiger partial charge in [-0.2, -0.15) is 0 Å². The average molecular weight is 381 g/mol. The first-order valence-electron chi connectivity index (χ1n) is 8.03. The van der Waals surface area contributed by atoms with E-state index < -0.39 is 35.9 Å². The van der Waals surface area contributed by atoms with Crippen molar-refractivity contribution >= 4 is 41.9 Å². The Labute approximate surface area is 141 Å². The molecule has 0 spiro atoms. The summed E-state index contributed by atoms with van der Waals surface area (Å²) in [5.74, 6) is -0.299. The van der Waals surface area contributed by atoms with E-state index in [4.69, 9.17) is 17.1 Å². The number of ether oxygens (including phenoxy) is 1. The first-order chi connectivity index (χ1) is 10.2. The van der Waals surface area contributed by atoms with E-state index >= 15 is 0 Å². The van der Waals surface area contributed by atoms with Gasteiger partial charge in [0.2, 0.25) is 0 Å². The SMILES string of the molecule is CC=CC(=O)OCCC[Si](O[SiH](C)C)(O[SiH](C)C)O[SiH](C)C. The van der Waals surface area contributed by atoms with Gasteiger partial charge in [0.15, 0.2) is 27.1 Å². The molecule has 0 heterocycles. The minimum atomic E-state index is -2.60. The fraction of sp³-hybridized carbons (Fsp3) is 0.769. The highest BCUT2D eigenvalue weighted by atomic mass is 28.5. The van der Waals surface area contributed by atoms with E-state index in [0.717, 1.165) is 12.5 Å². The molecule has 0 aromatic carbocycles. The Hall–Kier alpha value is -0.0425. The Morgan fingerprint density at radius 2 is 1.41 bits per heavy atom. The van der Waals surface area contributed by atoms with Crippen LogP contribution in [0, 0.1) is 0 Å². The second-order valence-electron chi connectivity index (χ2n) is 5.95. The zero-order valence-corrected chi connectivity index (χ0v) is 19.5. The number of carbonyl (C=O) groups is 1. The van der Waals surface area contributed by atoms with Gasteiger partial charge in [-0.05, 0) is 52.6 Å². The zero-order chi connectivity index (χ0) is 17.2. The third-order valence-corrected chi connectivity index (χ3v) is 13.4. The second kappa shape index (κ2) is 11.5. The van der Waals surface area contributed by atoms with Crippen LogP contribution in [0.4, 0.5) is 0 Å². The fourth-order valence-corrected chi connectivity index (χ4v) is 14.8. The van der Waals surface area contributed by atoms with Crippen molar-refractivity contribution in [2.75, 3.05) is 6.61 Å². The summed E-state index contributed by atoms with van der Waals surface area (Å²) < 4.78 is 23.9. The van der Waals surface area contributed by atoms with E-state index in [1.165, 1.54) is 6.08 Å². The summed E-state index contributed by atoms with van der Waals surface area (Å²) in [6.45, 7) is 15.0. The molecule has 0 aromatic rings. The summed E-state index contributed by atoms with van der Waals surface area (Å²) >= 11 is 0. The highest BCUT2D eigenvalue weighted by molar-refractivity contribution is 6.79. The maximum absolute atomic E-state index is 11.3. The summed E-state index contributed by atoms with van der Waals surface area (Å²) in [5, 5.41) is 0. The highest BCUT2D eigenvalue weighted by Gasteiger charge is 2.42. The van der Waals surface area contributed by atoms with Gasteiger partial charge in [-0.3, -0.25) is 0 Å². The van der Waals surface area contributed by atoms with Crippen LogP contribution in [0.15, 0.2) is 12.2 Å². The summed E-state index contributed by atoms with van der Waals surface area (Å²) in [4.78, 5) is 11.3. The van der Waals surface area contributed by atoms with Crippen molar-refractivity contribution in [2.45, 2.75) is 58.7 Å². The summed E-state index contributed by atoms with van der Waals surface area (Å²) in [7, 11) is -6.37. The largest absolute Gasteiger partial charge is 0.469 e. The van der Waals surface area contributed by atoms with Crippen LogP contribution in [0.5, 0.6) is 0 Å². The van der Waals surface area contributed by atoms with Crippen LogP contribution in [-0.2, 0) is 21.9 Å². The topological polar surface area (TPSA) is 54.0 Å². The predicted molar refractivity (Wildman–Crippen MR) is 101 cm³/mol. The molecule has 0 saturated carbocycles. The molecule has 0 aromatic heterocycles. The van der Waals surface area contributed by atoms with Crippen molar-refractivity contribution < 1.29 is 21.9 Å². The van der Waals surface area contributed by atoms with Crippen LogP contribution in [0.25, 0.3) is 0 Å². The third-order valence-electron chi connectivity index (χ3n) is 2.42. The molecular weight excluding hydrogens is 348 g/mol. The van der Waals surface area contributed by atoms with Gasteiger partial charge in [0.05, 0.1) is 6.61 Å². The van der Waals surface area contributed by atoms with E-state index in [0.29, 0.717) is 6.61 Å². The Balaban J connectivity index is 4.70. The summed E-state index contributed by atoms with van der Waals surface area (Å²) in [6.07, 6.45) is 3.83. The van der Waals surface area contributed by atoms with E-state index in [1.807, 2.05) is 0 Å². The number of rotatable bonds is 11. The molecule has 0 aliphatic heterocycles. The van der Waals surface area contributed by atoms with Crippen LogP contribution in [-0.4, -0.2) is 48.5 Å². The molecular formula is C13H32O5Si4. The molecule has 0 atom stereocenters. The van der Waals surface area contributed by atoms with Crippen LogP contribution < -0.4 is 0 Å². The predicted octanol–water partition coefficient (Wildman–Crippen LogP) is 2.43. The van der Waals surface area contributed by atoms with Crippen LogP contribution in [0.2, 0.25) is 45.3 Å². The monoisotopic (exact) mass is 380 g/mol. The number of carbonyl (C=O) groups excluding carboxylic acids is 1. The molecule has 0 N–H and O–H groups in total. The van der Waals surface area contributed by atoms with Crippen molar-refractivity contribution in [2.24, 2.45) is 0 Å². The Kier molecular flexibility index (Phi) is 11.5. The van der Waals surface area contributed by atoms with Crippen molar-refractivity contribution in [1.82, 2.24) is 0 Å². The lowest BCUT2D eigenvalue weighted by molar-refractivity contribution is -0.137. The number of hydrogen-bond acceptors (Lipinski definition) is 5. The normalized spacial score (nSPS) is 12.8. The fourth-order valence-electron chi connectivity index (χ4n) is 1.98. The molecule has 0 aliphatic carbocycles. The van der Waals surface area contributed by atoms with Crippen LogP contribution >= 0.6 is 0 Å². The standard InChI is InChI=1S/C13H32O5Si4/c1-8-10-13(14)15-11-9-12-22(16-19(2)3,17-20(4)5)18-21(6)7/h8,10,19-21H,9,11-12H2,1-7H3. The molecule has 0 aliphatic rings. The molecule has 9 heteroatoms. The van der Waals surface area contributed by atoms with Gasteiger partial charge >= 0.3 is 14.8 Å². The van der Waals surface area contributed by atoms with Gasteiger partial charge in [0.1, 0.15) is 0 Å². The summed E-state index contributed by atoms with van der Waals surface area (Å²) in [6, 6.07) is 0.734. The van der Waals surface area contributed by atoms with E-state index in [-0.39, 0.29) is 5.97 Å². The summed E-state index contributed by atoms with van der Waals surface area (Å²) in [5.41, 5.74) is 0. The lowest BCUT2D eigenvalue weighted by atomic mass is 10.5. The minimum Gasteiger partial charge on any atom is -0.463 e. The van der Waals surface area contributed by atoms with E-state index in [2.05, 4.69) is 39.3 Å². The molecule has 0 unspecified atom stereocenters. The third kappa shape index (κ3) is 10.6. The first kappa shape index (κ1) is 22.0. The molecule has 130 valence electrons. The smallest absolute Gasteiger partial charge is 0.463 e. The minimum absolute atomic E-state index is 0.299. The maximum Gasteiger partial charge on any atom is 0.469 e. The number of hydrogen-bond donors (Lipinski definition) is 0. The number of esters is 1. The Bertz CT molecular complexity index is 321. The quantitative estimate of drug-likeness (QED) is 0.238. The molecule has 0 radical (unpaired) electrons. The molecule has 0 bridgehead atoms. The molecule has 0 saturated heterocycles. The Morgan fingerprint density at radius 1 is 0.955 bits per heavy atom. The van der Waals surface area contributed by atoms with Gasteiger partial charge < -0.3 is 17.1 Å². The van der Waals surface area contributed by atoms with Crippen LogP contribution in [0.1, 0.15) is 13.3 Å². The van der Waals surface area contributed by atoms with Crippen LogP contribution in [0.3, 0.4) is 0 Å². The van der Waals surface area contributed by atoms with Gasteiger partial charge in [-0.15, -0.1) is 0 Å². The van der Waals surface area contributed by atoms with E-state index in [9.17, 15) is 4.79 Å². The van der Waals surface area contributed by atoms with Crippen molar-refractivity contribution in [3.63, 3.8) is 0 Å². The molecule has 0 amide bonds. The van der Waals surface area contributed by atoms with Crippen molar-refractivity contribution in [3.8, 4) is 0 Å². The molecule has 0 fully saturated rings. The first-order valence-corrected chi connectivity index (χ1v) is 18.3. The van der Waals surface area contributed by atoms with Gasteiger partial charge in [-0.25, -0.2) is 4.79 Å². The molecule has 0 rings (SSSR count). The lowest BCUT2D eigenvalue weighted by Gasteiger charge is -2.35. The van der Waals surface area contributed by atoms with Crippen molar-refractivity contribution in [3.05, 3.63) is 12.2 Å². The lowest BCUT2D eigenvalue weighted by Crippen LogP contribution is -2.53. The highest BCUT2D eigenvalue weighted by Crippen LogP contribution is 2.21. The van der Waals surface area contributed by atoms with Gasteiger partial charge in [-0.1, -0.05) is 6.08 Å². The van der Waals surface area contributed by atoms with Gasteiger partial charge in [0, 0.05) is 12.1 Å². The number of allylic oxidation sites excluding steroid dienone is 1. The van der Waals surface area contributed by atoms with E-state index in [1.54, 1.807) is 13.0 Å². The average Bonchev–Trinajstić information content (AvgIpc) is 2.32.